The number of anilines is 1. The third-order valence-electron chi connectivity index (χ3n) is 5.16. The molecule has 1 aliphatic rings. The molecule has 1 saturated heterocycles. The molecule has 184 valence electrons. The summed E-state index contributed by atoms with van der Waals surface area (Å²) in [5, 5.41) is 23.1. The van der Waals surface area contributed by atoms with Crippen LogP contribution in [0.1, 0.15) is 15.2 Å². The van der Waals surface area contributed by atoms with Crippen LogP contribution in [0, 0.1) is 11.6 Å². The lowest BCUT2D eigenvalue weighted by molar-refractivity contribution is -0.131. The van der Waals surface area contributed by atoms with Crippen LogP contribution in [0.3, 0.4) is 0 Å². The summed E-state index contributed by atoms with van der Waals surface area (Å²) in [5.41, 5.74) is 1.44. The molecule has 0 unspecified atom stereocenters. The van der Waals surface area contributed by atoms with Gasteiger partial charge in [-0.2, -0.15) is 0 Å². The predicted molar refractivity (Wildman–Crippen MR) is 138 cm³/mol. The fourth-order valence-electron chi connectivity index (χ4n) is 3.34. The number of carbonyl (C=O) groups is 3. The van der Waals surface area contributed by atoms with Crippen LogP contribution in [-0.2, 0) is 9.59 Å². The van der Waals surface area contributed by atoms with Crippen molar-refractivity contribution < 1.29 is 33.4 Å². The van der Waals surface area contributed by atoms with Gasteiger partial charge in [0.05, 0.1) is 17.1 Å². The van der Waals surface area contributed by atoms with Crippen molar-refractivity contribution >= 4 is 69.2 Å². The van der Waals surface area contributed by atoms with E-state index in [4.69, 9.17) is 17.3 Å². The van der Waals surface area contributed by atoms with E-state index in [-0.39, 0.29) is 20.5 Å². The highest BCUT2D eigenvalue weighted by Crippen LogP contribution is 2.36. The fourth-order valence-corrected chi connectivity index (χ4v) is 5.61. The van der Waals surface area contributed by atoms with Crippen molar-refractivity contribution in [1.82, 2.24) is 4.90 Å². The molecule has 36 heavy (non-hydrogen) atoms. The number of hydrogen-bond donors (Lipinski definition) is 3. The highest BCUT2D eigenvalue weighted by Gasteiger charge is 2.40. The molecule has 1 aliphatic heterocycles. The number of halogens is 2. The Hall–Kier alpha value is -3.45. The quantitative estimate of drug-likeness (QED) is 0.294. The Bertz CT molecular complexity index is 1400. The first-order chi connectivity index (χ1) is 17.2. The van der Waals surface area contributed by atoms with E-state index in [1.54, 1.807) is 17.5 Å². The van der Waals surface area contributed by atoms with Crippen LogP contribution in [0.15, 0.2) is 58.8 Å². The van der Waals surface area contributed by atoms with Gasteiger partial charge in [0.15, 0.2) is 11.6 Å². The number of benzene rings is 2. The Kier molecular flexibility index (Phi) is 7.59. The number of carboxylic acids is 1. The summed E-state index contributed by atoms with van der Waals surface area (Å²) >= 11 is 7.54. The van der Waals surface area contributed by atoms with Crippen LogP contribution in [-0.4, -0.2) is 49.9 Å². The minimum atomic E-state index is -1.30. The number of thiophene rings is 1. The van der Waals surface area contributed by atoms with Crippen LogP contribution in [0.2, 0.25) is 0 Å². The summed E-state index contributed by atoms with van der Waals surface area (Å²) < 4.78 is 26.9. The average molecular weight is 547 g/mol. The van der Waals surface area contributed by atoms with Crippen LogP contribution in [0.4, 0.5) is 14.5 Å². The van der Waals surface area contributed by atoms with Crippen molar-refractivity contribution in [3.05, 3.63) is 80.9 Å². The molecule has 0 aliphatic carbocycles. The smallest absolute Gasteiger partial charge is 0.335 e. The maximum Gasteiger partial charge on any atom is 0.335 e. The first-order valence-corrected chi connectivity index (χ1v) is 12.3. The van der Waals surface area contributed by atoms with Crippen LogP contribution in [0.5, 0.6) is 0 Å². The second-order valence-electron chi connectivity index (χ2n) is 7.49. The van der Waals surface area contributed by atoms with E-state index < -0.39 is 42.1 Å². The first kappa shape index (κ1) is 25.6. The minimum Gasteiger partial charge on any atom is -0.478 e. The summed E-state index contributed by atoms with van der Waals surface area (Å²) in [7, 11) is 0. The molecule has 0 saturated carbocycles. The largest absolute Gasteiger partial charge is 0.478 e. The van der Waals surface area contributed by atoms with Gasteiger partial charge in [0, 0.05) is 10.6 Å². The number of hydrogen-bond acceptors (Lipinski definition) is 7. The van der Waals surface area contributed by atoms with E-state index in [0.29, 0.717) is 16.0 Å². The molecule has 0 radical (unpaired) electrons. The molecule has 1 atom stereocenters. The molecule has 1 fully saturated rings. The zero-order chi connectivity index (χ0) is 26.0. The second-order valence-corrected chi connectivity index (χ2v) is 10.1. The molecule has 0 bridgehead atoms. The van der Waals surface area contributed by atoms with Gasteiger partial charge in [0.1, 0.15) is 10.4 Å². The number of carboxylic acid groups (broad SMARTS) is 1. The van der Waals surface area contributed by atoms with E-state index in [2.05, 4.69) is 5.32 Å². The molecule has 12 heteroatoms. The number of rotatable bonds is 7. The van der Waals surface area contributed by atoms with Gasteiger partial charge in [-0.1, -0.05) is 30.0 Å². The number of thioether (sulfide) groups is 1. The van der Waals surface area contributed by atoms with Gasteiger partial charge in [-0.3, -0.25) is 14.5 Å². The molecule has 7 nitrogen and oxygen atoms in total. The molecule has 0 spiro atoms. The van der Waals surface area contributed by atoms with Gasteiger partial charge in [0.25, 0.3) is 5.91 Å². The Balaban J connectivity index is 1.50. The third kappa shape index (κ3) is 5.36. The molecule has 3 aromatic rings. The van der Waals surface area contributed by atoms with E-state index in [0.717, 1.165) is 28.8 Å². The molecule has 2 amide bonds. The van der Waals surface area contributed by atoms with Crippen LogP contribution >= 0.6 is 35.3 Å². The number of aliphatic hydroxyl groups excluding tert-OH is 1. The lowest BCUT2D eigenvalue weighted by Crippen LogP contribution is -2.48. The first-order valence-electron chi connectivity index (χ1n) is 10.2. The highest BCUT2D eigenvalue weighted by molar-refractivity contribution is 8.26. The van der Waals surface area contributed by atoms with Gasteiger partial charge in [-0.05, 0) is 65.0 Å². The molecule has 2 aromatic carbocycles. The molecule has 4 rings (SSSR count). The zero-order valence-corrected chi connectivity index (χ0v) is 20.6. The fraction of sp³-hybridized carbons (Fsp3) is 0.0833. The maximum atomic E-state index is 13.6. The average Bonchev–Trinajstić information content (AvgIpc) is 3.42. The van der Waals surface area contributed by atoms with E-state index in [1.165, 1.54) is 41.7 Å². The predicted octanol–water partition coefficient (Wildman–Crippen LogP) is 4.59. The Labute approximate surface area is 217 Å². The highest BCUT2D eigenvalue weighted by atomic mass is 32.2. The monoisotopic (exact) mass is 546 g/mol. The molecule has 1 aromatic heterocycles. The standard InChI is InChI=1S/C24H16F2N2O5S3/c25-17-6-3-13(8-18(17)26)14-7-16(35-11-14)9-20-22(31)28(24(34)36-20)19(10-29)21(30)27-15-4-1-12(2-5-15)23(32)33/h1-9,11,19,29H,10H2,(H,27,30)(H,32,33)/t19-/m1/s1. The van der Waals surface area contributed by atoms with Crippen molar-refractivity contribution in [2.24, 2.45) is 0 Å². The summed E-state index contributed by atoms with van der Waals surface area (Å²) in [5.74, 6) is -4.30. The summed E-state index contributed by atoms with van der Waals surface area (Å²) in [4.78, 5) is 38.7. The molecular weight excluding hydrogens is 530 g/mol. The van der Waals surface area contributed by atoms with Gasteiger partial charge in [-0.15, -0.1) is 11.3 Å². The number of nitrogens with zero attached hydrogens (tertiary/aromatic N) is 1. The molecular formula is C24H16F2N2O5S3. The maximum absolute atomic E-state index is 13.6. The number of nitrogens with one attached hydrogen (secondary N) is 1. The Morgan fingerprint density at radius 1 is 1.08 bits per heavy atom. The van der Waals surface area contributed by atoms with Crippen molar-refractivity contribution in [2.45, 2.75) is 6.04 Å². The number of amides is 2. The lowest BCUT2D eigenvalue weighted by atomic mass is 10.1. The number of carbonyl (C=O) groups excluding carboxylic acids is 2. The third-order valence-corrected chi connectivity index (χ3v) is 7.37. The van der Waals surface area contributed by atoms with Crippen LogP contribution in [0.25, 0.3) is 17.2 Å². The summed E-state index contributed by atoms with van der Waals surface area (Å²) in [6, 6.07) is 9.37. The van der Waals surface area contributed by atoms with Gasteiger partial charge in [-0.25, -0.2) is 13.6 Å². The SMILES string of the molecule is O=C(O)c1ccc(NC(=O)[C@@H](CO)N2C(=O)C(=Cc3cc(-c4ccc(F)c(F)c4)cs3)SC2=S)cc1. The van der Waals surface area contributed by atoms with Crippen molar-refractivity contribution in [2.75, 3.05) is 11.9 Å². The van der Waals surface area contributed by atoms with Crippen molar-refractivity contribution in [1.29, 1.82) is 0 Å². The second kappa shape index (κ2) is 10.7. The van der Waals surface area contributed by atoms with E-state index >= 15 is 0 Å². The summed E-state index contributed by atoms with van der Waals surface area (Å²) in [6.45, 7) is -0.696. The van der Waals surface area contributed by atoms with Gasteiger partial charge in [0.2, 0.25) is 5.91 Å². The minimum absolute atomic E-state index is 0.0371. The normalized spacial score (nSPS) is 15.4. The zero-order valence-electron chi connectivity index (χ0n) is 18.1. The van der Waals surface area contributed by atoms with Gasteiger partial charge >= 0.3 is 5.97 Å². The van der Waals surface area contributed by atoms with Crippen molar-refractivity contribution in [3.8, 4) is 11.1 Å². The van der Waals surface area contributed by atoms with Crippen LogP contribution < -0.4 is 5.32 Å². The topological polar surface area (TPSA) is 107 Å². The molecule has 2 heterocycles. The van der Waals surface area contributed by atoms with Crippen molar-refractivity contribution in [3.63, 3.8) is 0 Å². The summed E-state index contributed by atoms with van der Waals surface area (Å²) in [6.07, 6.45) is 1.57. The van der Waals surface area contributed by atoms with E-state index in [9.17, 15) is 28.3 Å². The van der Waals surface area contributed by atoms with E-state index in [1.807, 2.05) is 0 Å². The lowest BCUT2D eigenvalue weighted by Gasteiger charge is -2.24. The van der Waals surface area contributed by atoms with Gasteiger partial charge < -0.3 is 15.5 Å². The number of thiocarbonyl (C=S) groups is 1. The Morgan fingerprint density at radius 3 is 2.44 bits per heavy atom. The number of aromatic carboxylic acids is 1. The molecule has 3 N–H and O–H groups in total. The Morgan fingerprint density at radius 2 is 1.81 bits per heavy atom. The number of aliphatic hydroxyl groups is 1.